The smallest absolute Gasteiger partial charge is 0.305 e. The Kier molecular flexibility index (Phi) is 7.44. The molecule has 0 radical (unpaired) electrons. The average molecular weight is 534 g/mol. The zero-order chi connectivity index (χ0) is 27.3. The highest BCUT2D eigenvalue weighted by atomic mass is 16.5. The van der Waals surface area contributed by atoms with Gasteiger partial charge in [0.1, 0.15) is 17.2 Å². The molecule has 0 saturated carbocycles. The summed E-state index contributed by atoms with van der Waals surface area (Å²) < 4.78 is 13.7. The van der Waals surface area contributed by atoms with Gasteiger partial charge in [-0.15, -0.1) is 0 Å². The van der Waals surface area contributed by atoms with E-state index in [1.54, 1.807) is 10.9 Å². The van der Waals surface area contributed by atoms with Crippen LogP contribution in [-0.2, 0) is 24.1 Å². The minimum absolute atomic E-state index is 0.0955. The predicted octanol–water partition coefficient (Wildman–Crippen LogP) is 6.79. The summed E-state index contributed by atoms with van der Waals surface area (Å²) in [6.07, 6.45) is 7.08. The molecular weight excluding hydrogens is 502 g/mol. The summed E-state index contributed by atoms with van der Waals surface area (Å²) in [6, 6.07) is 26.7. The van der Waals surface area contributed by atoms with Gasteiger partial charge in [-0.05, 0) is 85.3 Å². The molecule has 202 valence electrons. The van der Waals surface area contributed by atoms with Crippen LogP contribution >= 0.6 is 0 Å². The fourth-order valence-electron chi connectivity index (χ4n) is 5.30. The fourth-order valence-corrected chi connectivity index (χ4v) is 5.30. The third-order valence-corrected chi connectivity index (χ3v) is 7.34. The molecule has 0 saturated heterocycles. The van der Waals surface area contributed by atoms with Crippen molar-refractivity contribution in [1.29, 1.82) is 0 Å². The van der Waals surface area contributed by atoms with Crippen LogP contribution in [0, 0.1) is 0 Å². The summed E-state index contributed by atoms with van der Waals surface area (Å²) in [4.78, 5) is 16.6. The number of benzene rings is 3. The number of carboxylic acid groups (broad SMARTS) is 1. The molecule has 5 aromatic rings. The first-order valence-electron chi connectivity index (χ1n) is 13.7. The van der Waals surface area contributed by atoms with Crippen molar-refractivity contribution in [3.8, 4) is 17.2 Å². The van der Waals surface area contributed by atoms with Gasteiger partial charge >= 0.3 is 5.97 Å². The Balaban J connectivity index is 1.16. The number of carboxylic acids is 1. The maximum Gasteiger partial charge on any atom is 0.305 e. The van der Waals surface area contributed by atoms with E-state index in [2.05, 4.69) is 17.2 Å². The highest BCUT2D eigenvalue weighted by molar-refractivity contribution is 5.81. The molecule has 0 aliphatic heterocycles. The van der Waals surface area contributed by atoms with Crippen LogP contribution in [0.5, 0.6) is 17.2 Å². The first-order valence-corrected chi connectivity index (χ1v) is 13.7. The maximum atomic E-state index is 11.8. The Morgan fingerprint density at radius 2 is 1.68 bits per heavy atom. The number of para-hydroxylation sites is 1. The largest absolute Gasteiger partial charge is 0.493 e. The SMILES string of the molecule is O=C(O)CC(c1ccc(Oc2ccccc2)cc1)n1ncc2cc(OCCc3ccc4c(n3)CCCC4)ccc21. The standard InChI is InChI=1S/C33H31N3O4/c37-33(38)21-32(24-11-14-28(15-12-24)40-27-7-2-1-3-8-27)36-31-17-16-29(20-25(31)22-34-36)39-19-18-26-13-10-23-6-4-5-9-30(23)35-26/h1-3,7-8,10-17,20,22,32H,4-6,9,18-19,21H2,(H,37,38). The lowest BCUT2D eigenvalue weighted by molar-refractivity contribution is -0.137. The number of hydrogen-bond donors (Lipinski definition) is 1. The highest BCUT2D eigenvalue weighted by Crippen LogP contribution is 2.30. The second kappa shape index (κ2) is 11.6. The lowest BCUT2D eigenvalue weighted by Gasteiger charge is -2.18. The third-order valence-electron chi connectivity index (χ3n) is 7.34. The quantitative estimate of drug-likeness (QED) is 0.213. The van der Waals surface area contributed by atoms with Crippen LogP contribution in [-0.4, -0.2) is 32.4 Å². The summed E-state index contributed by atoms with van der Waals surface area (Å²) in [6.45, 7) is 0.532. The van der Waals surface area contributed by atoms with Crippen molar-refractivity contribution in [3.63, 3.8) is 0 Å². The molecule has 1 atom stereocenters. The lowest BCUT2D eigenvalue weighted by atomic mass is 9.96. The highest BCUT2D eigenvalue weighted by Gasteiger charge is 2.21. The van der Waals surface area contributed by atoms with Crippen LogP contribution < -0.4 is 9.47 Å². The number of hydrogen-bond acceptors (Lipinski definition) is 5. The van der Waals surface area contributed by atoms with Gasteiger partial charge in [0, 0.05) is 23.2 Å². The van der Waals surface area contributed by atoms with Crippen molar-refractivity contribution >= 4 is 16.9 Å². The number of aryl methyl sites for hydroxylation is 2. The van der Waals surface area contributed by atoms with Gasteiger partial charge in [0.15, 0.2) is 0 Å². The Labute approximate surface area is 233 Å². The van der Waals surface area contributed by atoms with Crippen LogP contribution in [0.2, 0.25) is 0 Å². The minimum atomic E-state index is -0.894. The van der Waals surface area contributed by atoms with Gasteiger partial charge in [0.05, 0.1) is 30.8 Å². The van der Waals surface area contributed by atoms with Gasteiger partial charge in [-0.2, -0.15) is 5.10 Å². The van der Waals surface area contributed by atoms with Crippen LogP contribution in [0.3, 0.4) is 0 Å². The Morgan fingerprint density at radius 1 is 0.900 bits per heavy atom. The number of carbonyl (C=O) groups is 1. The number of nitrogens with zero attached hydrogens (tertiary/aromatic N) is 3. The topological polar surface area (TPSA) is 86.5 Å². The van der Waals surface area contributed by atoms with Crippen LogP contribution in [0.4, 0.5) is 0 Å². The summed E-state index contributed by atoms with van der Waals surface area (Å²) in [5, 5.41) is 15.1. The molecule has 1 N–H and O–H groups in total. The summed E-state index contributed by atoms with van der Waals surface area (Å²) in [7, 11) is 0. The van der Waals surface area contributed by atoms with E-state index in [0.29, 0.717) is 12.4 Å². The van der Waals surface area contributed by atoms with Gasteiger partial charge < -0.3 is 14.6 Å². The average Bonchev–Trinajstić information content (AvgIpc) is 3.40. The summed E-state index contributed by atoms with van der Waals surface area (Å²) in [5.41, 5.74) is 5.37. The van der Waals surface area contributed by atoms with Gasteiger partial charge in [0.25, 0.3) is 0 Å². The van der Waals surface area contributed by atoms with Crippen LogP contribution in [0.1, 0.15) is 47.8 Å². The normalized spacial score (nSPS) is 13.5. The van der Waals surface area contributed by atoms with Crippen molar-refractivity contribution in [2.75, 3.05) is 6.61 Å². The van der Waals surface area contributed by atoms with Gasteiger partial charge in [-0.3, -0.25) is 14.5 Å². The van der Waals surface area contributed by atoms with Crippen molar-refractivity contribution in [2.24, 2.45) is 0 Å². The van der Waals surface area contributed by atoms with Crippen molar-refractivity contribution in [3.05, 3.63) is 114 Å². The summed E-state index contributed by atoms with van der Waals surface area (Å²) in [5.74, 6) is 1.28. The molecule has 0 spiro atoms. The molecule has 1 unspecified atom stereocenters. The fraction of sp³-hybridized carbons (Fsp3) is 0.242. The molecule has 2 heterocycles. The molecule has 6 rings (SSSR count). The number of aliphatic carboxylic acids is 1. The molecule has 40 heavy (non-hydrogen) atoms. The molecule has 3 aromatic carbocycles. The first-order chi connectivity index (χ1) is 19.6. The monoisotopic (exact) mass is 533 g/mol. The lowest BCUT2D eigenvalue weighted by Crippen LogP contribution is -2.16. The molecule has 7 heteroatoms. The van der Waals surface area contributed by atoms with E-state index < -0.39 is 12.0 Å². The van der Waals surface area contributed by atoms with E-state index in [0.717, 1.165) is 52.9 Å². The van der Waals surface area contributed by atoms with E-state index in [4.69, 9.17) is 14.5 Å². The van der Waals surface area contributed by atoms with E-state index in [1.807, 2.05) is 72.8 Å². The minimum Gasteiger partial charge on any atom is -0.493 e. The number of pyridine rings is 1. The molecule has 2 aromatic heterocycles. The van der Waals surface area contributed by atoms with E-state index >= 15 is 0 Å². The van der Waals surface area contributed by atoms with Gasteiger partial charge in [-0.25, -0.2) is 0 Å². The summed E-state index contributed by atoms with van der Waals surface area (Å²) >= 11 is 0. The zero-order valence-electron chi connectivity index (χ0n) is 22.2. The zero-order valence-corrected chi connectivity index (χ0v) is 22.2. The molecule has 1 aliphatic rings. The first kappa shape index (κ1) is 25.6. The molecule has 0 fully saturated rings. The molecule has 1 aliphatic carbocycles. The van der Waals surface area contributed by atoms with Crippen molar-refractivity contribution in [1.82, 2.24) is 14.8 Å². The number of ether oxygens (including phenoxy) is 2. The van der Waals surface area contributed by atoms with Crippen LogP contribution in [0.25, 0.3) is 10.9 Å². The second-order valence-corrected chi connectivity index (χ2v) is 10.1. The van der Waals surface area contributed by atoms with E-state index in [1.165, 1.54) is 24.1 Å². The number of fused-ring (bicyclic) bond motifs is 2. The molecule has 0 amide bonds. The molecule has 0 bridgehead atoms. The second-order valence-electron chi connectivity index (χ2n) is 10.1. The Morgan fingerprint density at radius 3 is 2.50 bits per heavy atom. The molecule has 7 nitrogen and oxygen atoms in total. The Bertz CT molecular complexity index is 1610. The third kappa shape index (κ3) is 5.83. The Hall–Kier alpha value is -4.65. The van der Waals surface area contributed by atoms with E-state index in [9.17, 15) is 9.90 Å². The van der Waals surface area contributed by atoms with Gasteiger partial charge in [-0.1, -0.05) is 36.4 Å². The maximum absolute atomic E-state index is 11.8. The number of aromatic nitrogens is 3. The number of rotatable bonds is 10. The predicted molar refractivity (Wildman–Crippen MR) is 153 cm³/mol. The molecular formula is C33H31N3O4. The van der Waals surface area contributed by atoms with Crippen LogP contribution in [0.15, 0.2) is 91.1 Å². The van der Waals surface area contributed by atoms with Crippen molar-refractivity contribution in [2.45, 2.75) is 44.6 Å². The van der Waals surface area contributed by atoms with Crippen molar-refractivity contribution < 1.29 is 19.4 Å². The van der Waals surface area contributed by atoms with E-state index in [-0.39, 0.29) is 6.42 Å². The van der Waals surface area contributed by atoms with Gasteiger partial charge in [0.2, 0.25) is 0 Å².